The predicted molar refractivity (Wildman–Crippen MR) is 114 cm³/mol. The zero-order valence-electron chi connectivity index (χ0n) is 17.2. The lowest BCUT2D eigenvalue weighted by Gasteiger charge is -2.26. The summed E-state index contributed by atoms with van der Waals surface area (Å²) in [5.41, 5.74) is 0.850. The smallest absolute Gasteiger partial charge is 0.395 e. The van der Waals surface area contributed by atoms with Gasteiger partial charge >= 0.3 is 6.18 Å². The second-order valence-electron chi connectivity index (χ2n) is 7.21. The first-order valence-electron chi connectivity index (χ1n) is 9.99. The lowest BCUT2D eigenvalue weighted by molar-refractivity contribution is -0.137. The standard InChI is InChI=1S/C21H24F3N3O4S/c22-21(23,24)17-4-1-3-16(13-17)15-31-26-18-7-10-27(11-8-18)32(29,30)20-6-2-5-19(14-20)25-9-12-28/h1-6,13-14,25,28H,7-12,15H2. The number of nitrogens with one attached hydrogen (secondary N) is 1. The van der Waals surface area contributed by atoms with E-state index in [1.165, 1.54) is 28.6 Å². The quantitative estimate of drug-likeness (QED) is 0.576. The molecule has 3 rings (SSSR count). The van der Waals surface area contributed by atoms with Crippen LogP contribution in [0.4, 0.5) is 18.9 Å². The normalized spacial score (nSPS) is 15.4. The van der Waals surface area contributed by atoms with Crippen molar-refractivity contribution in [3.8, 4) is 0 Å². The fourth-order valence-electron chi connectivity index (χ4n) is 3.23. The van der Waals surface area contributed by atoms with Gasteiger partial charge in [-0.1, -0.05) is 23.4 Å². The number of oxime groups is 1. The van der Waals surface area contributed by atoms with Gasteiger partial charge < -0.3 is 15.3 Å². The summed E-state index contributed by atoms with van der Waals surface area (Å²) in [6, 6.07) is 11.2. The molecule has 2 aromatic carbocycles. The number of piperidine rings is 1. The Morgan fingerprint density at radius 1 is 1.09 bits per heavy atom. The van der Waals surface area contributed by atoms with Crippen molar-refractivity contribution < 1.29 is 31.5 Å². The van der Waals surface area contributed by atoms with Crippen molar-refractivity contribution in [3.05, 3.63) is 59.7 Å². The number of hydrogen-bond acceptors (Lipinski definition) is 6. The summed E-state index contributed by atoms with van der Waals surface area (Å²) in [5.74, 6) is 0. The van der Waals surface area contributed by atoms with Crippen molar-refractivity contribution in [1.29, 1.82) is 0 Å². The van der Waals surface area contributed by atoms with Gasteiger partial charge in [0.25, 0.3) is 0 Å². The van der Waals surface area contributed by atoms with E-state index in [2.05, 4.69) is 10.5 Å². The average molecular weight is 472 g/mol. The van der Waals surface area contributed by atoms with E-state index in [1.54, 1.807) is 12.1 Å². The molecule has 0 aliphatic carbocycles. The summed E-state index contributed by atoms with van der Waals surface area (Å²) in [6.07, 6.45) is -3.69. The van der Waals surface area contributed by atoms with E-state index >= 15 is 0 Å². The minimum absolute atomic E-state index is 0.0684. The molecule has 1 fully saturated rings. The number of sulfonamides is 1. The van der Waals surface area contributed by atoms with Crippen LogP contribution in [0.3, 0.4) is 0 Å². The highest BCUT2D eigenvalue weighted by Crippen LogP contribution is 2.29. The Hall–Kier alpha value is -2.63. The molecule has 0 atom stereocenters. The van der Waals surface area contributed by atoms with E-state index in [1.807, 2.05) is 0 Å². The monoisotopic (exact) mass is 471 g/mol. The number of nitrogens with zero attached hydrogens (tertiary/aromatic N) is 2. The lowest BCUT2D eigenvalue weighted by atomic mass is 10.1. The van der Waals surface area contributed by atoms with Gasteiger partial charge in [0, 0.05) is 38.2 Å². The van der Waals surface area contributed by atoms with Crippen LogP contribution in [0.2, 0.25) is 0 Å². The Morgan fingerprint density at radius 3 is 2.50 bits per heavy atom. The highest BCUT2D eigenvalue weighted by molar-refractivity contribution is 7.89. The molecular weight excluding hydrogens is 447 g/mol. The van der Waals surface area contributed by atoms with Crippen LogP contribution in [0.1, 0.15) is 24.0 Å². The topological polar surface area (TPSA) is 91.2 Å². The summed E-state index contributed by atoms with van der Waals surface area (Å²) in [4.78, 5) is 5.36. The molecule has 1 aliphatic rings. The largest absolute Gasteiger partial charge is 0.416 e. The van der Waals surface area contributed by atoms with Gasteiger partial charge in [-0.25, -0.2) is 8.42 Å². The van der Waals surface area contributed by atoms with Crippen LogP contribution in [0.25, 0.3) is 0 Å². The molecule has 1 heterocycles. The molecule has 0 spiro atoms. The number of anilines is 1. The Bertz CT molecular complexity index is 1050. The highest BCUT2D eigenvalue weighted by atomic mass is 32.2. The number of benzene rings is 2. The predicted octanol–water partition coefficient (Wildman–Crippen LogP) is 3.47. The minimum Gasteiger partial charge on any atom is -0.395 e. The van der Waals surface area contributed by atoms with Gasteiger partial charge in [0.2, 0.25) is 10.0 Å². The molecule has 2 aromatic rings. The number of halogens is 3. The molecule has 11 heteroatoms. The van der Waals surface area contributed by atoms with Gasteiger partial charge in [-0.05, 0) is 35.9 Å². The van der Waals surface area contributed by atoms with E-state index in [-0.39, 0.29) is 31.2 Å². The summed E-state index contributed by atoms with van der Waals surface area (Å²) in [5, 5.41) is 15.8. The van der Waals surface area contributed by atoms with Crippen LogP contribution in [0.15, 0.2) is 58.6 Å². The van der Waals surface area contributed by atoms with E-state index in [4.69, 9.17) is 9.94 Å². The first kappa shape index (κ1) is 24.0. The number of alkyl halides is 3. The van der Waals surface area contributed by atoms with Crippen LogP contribution in [-0.2, 0) is 27.6 Å². The molecule has 1 saturated heterocycles. The number of aliphatic hydroxyl groups is 1. The van der Waals surface area contributed by atoms with Gasteiger partial charge in [0.15, 0.2) is 0 Å². The maximum Gasteiger partial charge on any atom is 0.416 e. The summed E-state index contributed by atoms with van der Waals surface area (Å²) in [6.45, 7) is 0.586. The van der Waals surface area contributed by atoms with Crippen LogP contribution >= 0.6 is 0 Å². The number of aliphatic hydroxyl groups excluding tert-OH is 1. The first-order valence-corrected chi connectivity index (χ1v) is 11.4. The van der Waals surface area contributed by atoms with Crippen molar-refractivity contribution in [2.24, 2.45) is 5.16 Å². The number of rotatable bonds is 8. The molecule has 0 bridgehead atoms. The van der Waals surface area contributed by atoms with Gasteiger partial charge in [0.1, 0.15) is 6.61 Å². The van der Waals surface area contributed by atoms with E-state index in [0.29, 0.717) is 36.3 Å². The molecule has 0 unspecified atom stereocenters. The molecule has 0 amide bonds. The van der Waals surface area contributed by atoms with E-state index < -0.39 is 21.8 Å². The molecule has 0 radical (unpaired) electrons. The van der Waals surface area contributed by atoms with Crippen molar-refractivity contribution in [3.63, 3.8) is 0 Å². The molecule has 7 nitrogen and oxygen atoms in total. The van der Waals surface area contributed by atoms with Crippen molar-refractivity contribution in [1.82, 2.24) is 4.31 Å². The molecule has 174 valence electrons. The summed E-state index contributed by atoms with van der Waals surface area (Å²) < 4.78 is 65.5. The van der Waals surface area contributed by atoms with Gasteiger partial charge in [0.05, 0.1) is 22.8 Å². The lowest BCUT2D eigenvalue weighted by Crippen LogP contribution is -2.38. The van der Waals surface area contributed by atoms with E-state index in [9.17, 15) is 21.6 Å². The van der Waals surface area contributed by atoms with Crippen LogP contribution < -0.4 is 5.32 Å². The van der Waals surface area contributed by atoms with Crippen LogP contribution in [0.5, 0.6) is 0 Å². The third-order valence-corrected chi connectivity index (χ3v) is 6.79. The minimum atomic E-state index is -4.42. The number of hydrogen-bond donors (Lipinski definition) is 2. The summed E-state index contributed by atoms with van der Waals surface area (Å²) >= 11 is 0. The Morgan fingerprint density at radius 2 is 1.81 bits per heavy atom. The maximum absolute atomic E-state index is 12.9. The zero-order chi connectivity index (χ0) is 23.2. The molecule has 32 heavy (non-hydrogen) atoms. The van der Waals surface area contributed by atoms with Crippen LogP contribution in [-0.4, -0.2) is 49.8 Å². The van der Waals surface area contributed by atoms with Gasteiger partial charge in [-0.15, -0.1) is 0 Å². The van der Waals surface area contributed by atoms with Crippen LogP contribution in [0, 0.1) is 0 Å². The fourth-order valence-corrected chi connectivity index (χ4v) is 4.72. The molecule has 0 saturated carbocycles. The van der Waals surface area contributed by atoms with Gasteiger partial charge in [-0.2, -0.15) is 17.5 Å². The first-order chi connectivity index (χ1) is 15.2. The highest BCUT2D eigenvalue weighted by Gasteiger charge is 2.30. The Labute approximate surface area is 184 Å². The second-order valence-corrected chi connectivity index (χ2v) is 9.15. The van der Waals surface area contributed by atoms with Crippen molar-refractivity contribution >= 4 is 21.4 Å². The Balaban J connectivity index is 1.56. The molecule has 0 aromatic heterocycles. The average Bonchev–Trinajstić information content (AvgIpc) is 2.78. The SMILES string of the molecule is O=S(=O)(c1cccc(NCCO)c1)N1CCC(=NOCc2cccc(C(F)(F)F)c2)CC1. The van der Waals surface area contributed by atoms with Gasteiger partial charge in [-0.3, -0.25) is 0 Å². The Kier molecular flexibility index (Phi) is 7.75. The fraction of sp³-hybridized carbons (Fsp3) is 0.381. The molecular formula is C21H24F3N3O4S. The molecule has 1 aliphatic heterocycles. The summed E-state index contributed by atoms with van der Waals surface area (Å²) in [7, 11) is -3.69. The molecule has 2 N–H and O–H groups in total. The maximum atomic E-state index is 12.9. The zero-order valence-corrected chi connectivity index (χ0v) is 18.0. The van der Waals surface area contributed by atoms with Crippen molar-refractivity contribution in [2.75, 3.05) is 31.6 Å². The van der Waals surface area contributed by atoms with Crippen molar-refractivity contribution in [2.45, 2.75) is 30.5 Å². The third kappa shape index (κ3) is 6.21. The third-order valence-electron chi connectivity index (χ3n) is 4.89. The second kappa shape index (κ2) is 10.3. The van der Waals surface area contributed by atoms with E-state index in [0.717, 1.165) is 12.1 Å².